The molecule has 0 aliphatic heterocycles. The molecule has 130 valence electrons. The Morgan fingerprint density at radius 3 is 1.36 bits per heavy atom. The van der Waals surface area contributed by atoms with Crippen LogP contribution in [0.4, 0.5) is 0 Å². The molecule has 0 radical (unpaired) electrons. The van der Waals surface area contributed by atoms with Gasteiger partial charge in [-0.1, -0.05) is 113 Å². The van der Waals surface area contributed by atoms with Crippen molar-refractivity contribution in [2.24, 2.45) is 0 Å². The van der Waals surface area contributed by atoms with E-state index in [1.54, 1.807) is 0 Å². The zero-order valence-corrected chi connectivity index (χ0v) is 15.5. The largest absolute Gasteiger partial charge is 0.248 e. The fraction of sp³-hybridized carbons (Fsp3) is 0.292. The number of hydrogen-bond acceptors (Lipinski definition) is 1. The summed E-state index contributed by atoms with van der Waals surface area (Å²) in [6.07, 6.45) is 7.01. The molecule has 0 amide bonds. The van der Waals surface area contributed by atoms with Crippen molar-refractivity contribution in [3.05, 3.63) is 78.9 Å². The maximum absolute atomic E-state index is 4.71. The molecule has 0 fully saturated rings. The van der Waals surface area contributed by atoms with Crippen molar-refractivity contribution in [3.8, 4) is 22.5 Å². The standard InChI is InChI=1S/C17H13N.C7H16/c1-3-8-14(9-4-1)16-12-7-13-17(18-16)15-10-5-2-6-11-15;1-3-5-7-6-4-2/h1-13H;3-7H2,1-2H3. The molecule has 1 heterocycles. The summed E-state index contributed by atoms with van der Waals surface area (Å²) in [5, 5.41) is 0. The number of rotatable bonds is 6. The highest BCUT2D eigenvalue weighted by Gasteiger charge is 2.01. The van der Waals surface area contributed by atoms with Crippen LogP contribution in [0.5, 0.6) is 0 Å². The van der Waals surface area contributed by atoms with Gasteiger partial charge in [-0.05, 0) is 12.1 Å². The van der Waals surface area contributed by atoms with E-state index in [-0.39, 0.29) is 0 Å². The third kappa shape index (κ3) is 6.54. The number of aromatic nitrogens is 1. The van der Waals surface area contributed by atoms with Gasteiger partial charge in [0, 0.05) is 11.1 Å². The first-order valence-corrected chi connectivity index (χ1v) is 9.43. The minimum Gasteiger partial charge on any atom is -0.248 e. The Kier molecular flexibility index (Phi) is 8.48. The predicted octanol–water partition coefficient (Wildman–Crippen LogP) is 7.39. The van der Waals surface area contributed by atoms with E-state index >= 15 is 0 Å². The van der Waals surface area contributed by atoms with Crippen molar-refractivity contribution in [3.63, 3.8) is 0 Å². The minimum absolute atomic E-state index is 1.01. The van der Waals surface area contributed by atoms with Gasteiger partial charge in [-0.2, -0.15) is 0 Å². The van der Waals surface area contributed by atoms with Gasteiger partial charge in [-0.15, -0.1) is 0 Å². The molecule has 0 saturated heterocycles. The third-order valence-electron chi connectivity index (χ3n) is 4.10. The second-order valence-corrected chi connectivity index (χ2v) is 6.20. The van der Waals surface area contributed by atoms with Crippen LogP contribution >= 0.6 is 0 Å². The van der Waals surface area contributed by atoms with Crippen LogP contribution in [0.3, 0.4) is 0 Å². The van der Waals surface area contributed by atoms with E-state index in [2.05, 4.69) is 44.2 Å². The molecule has 3 aromatic rings. The molecule has 0 spiro atoms. The lowest BCUT2D eigenvalue weighted by atomic mass is 10.1. The van der Waals surface area contributed by atoms with Crippen molar-refractivity contribution >= 4 is 0 Å². The van der Waals surface area contributed by atoms with E-state index in [0.717, 1.165) is 22.5 Å². The average Bonchev–Trinajstić information content (AvgIpc) is 2.70. The van der Waals surface area contributed by atoms with Gasteiger partial charge in [0.1, 0.15) is 0 Å². The molecule has 0 unspecified atom stereocenters. The number of unbranched alkanes of at least 4 members (excludes halogenated alkanes) is 4. The van der Waals surface area contributed by atoms with Crippen LogP contribution in [0.1, 0.15) is 46.0 Å². The predicted molar refractivity (Wildman–Crippen MR) is 110 cm³/mol. The Hall–Kier alpha value is -2.41. The maximum Gasteiger partial charge on any atom is 0.0709 e. The molecule has 0 bridgehead atoms. The fourth-order valence-electron chi connectivity index (χ4n) is 2.65. The second-order valence-electron chi connectivity index (χ2n) is 6.20. The van der Waals surface area contributed by atoms with Crippen LogP contribution in [0.25, 0.3) is 22.5 Å². The number of hydrogen-bond donors (Lipinski definition) is 0. The smallest absolute Gasteiger partial charge is 0.0709 e. The Morgan fingerprint density at radius 2 is 0.960 bits per heavy atom. The molecular weight excluding hydrogens is 302 g/mol. The summed E-state index contributed by atoms with van der Waals surface area (Å²) >= 11 is 0. The first kappa shape index (κ1) is 18.9. The van der Waals surface area contributed by atoms with Crippen molar-refractivity contribution in [1.82, 2.24) is 4.98 Å². The summed E-state index contributed by atoms with van der Waals surface area (Å²) in [6, 6.07) is 26.6. The molecule has 0 aliphatic carbocycles. The number of nitrogens with zero attached hydrogens (tertiary/aromatic N) is 1. The lowest BCUT2D eigenvalue weighted by molar-refractivity contribution is 0.656. The van der Waals surface area contributed by atoms with Crippen LogP contribution in [0, 0.1) is 0 Å². The van der Waals surface area contributed by atoms with Crippen molar-refractivity contribution in [1.29, 1.82) is 0 Å². The topological polar surface area (TPSA) is 12.9 Å². The van der Waals surface area contributed by atoms with E-state index in [1.165, 1.54) is 32.1 Å². The fourth-order valence-corrected chi connectivity index (χ4v) is 2.65. The summed E-state index contributed by atoms with van der Waals surface area (Å²) in [5.74, 6) is 0. The molecule has 0 atom stereocenters. The summed E-state index contributed by atoms with van der Waals surface area (Å²) in [4.78, 5) is 4.71. The SMILES string of the molecule is CCCCCCC.c1ccc(-c2cccc(-c3ccccc3)n2)cc1. The van der Waals surface area contributed by atoms with Crippen LogP contribution in [0.15, 0.2) is 78.9 Å². The highest BCUT2D eigenvalue weighted by Crippen LogP contribution is 2.21. The summed E-state index contributed by atoms with van der Waals surface area (Å²) in [5.41, 5.74) is 4.32. The van der Waals surface area contributed by atoms with Gasteiger partial charge in [0.2, 0.25) is 0 Å². The second kappa shape index (κ2) is 11.2. The highest BCUT2D eigenvalue weighted by atomic mass is 14.7. The molecule has 3 rings (SSSR count). The van der Waals surface area contributed by atoms with Gasteiger partial charge in [0.05, 0.1) is 11.4 Å². The molecule has 0 saturated carbocycles. The van der Waals surface area contributed by atoms with Crippen LogP contribution in [-0.2, 0) is 0 Å². The molecule has 1 heteroatoms. The van der Waals surface area contributed by atoms with Crippen LogP contribution in [0.2, 0.25) is 0 Å². The molecule has 0 aliphatic rings. The van der Waals surface area contributed by atoms with Gasteiger partial charge in [-0.3, -0.25) is 0 Å². The summed E-state index contributed by atoms with van der Waals surface area (Å²) in [7, 11) is 0. The molecular formula is C24H29N. The third-order valence-corrected chi connectivity index (χ3v) is 4.10. The van der Waals surface area contributed by atoms with Crippen molar-refractivity contribution in [2.45, 2.75) is 46.0 Å². The molecule has 25 heavy (non-hydrogen) atoms. The normalized spacial score (nSPS) is 10.0. The van der Waals surface area contributed by atoms with Gasteiger partial charge in [0.25, 0.3) is 0 Å². The van der Waals surface area contributed by atoms with Gasteiger partial charge < -0.3 is 0 Å². The monoisotopic (exact) mass is 331 g/mol. The lowest BCUT2D eigenvalue weighted by Gasteiger charge is -2.04. The quantitative estimate of drug-likeness (QED) is 0.429. The van der Waals surface area contributed by atoms with Gasteiger partial charge >= 0.3 is 0 Å². The van der Waals surface area contributed by atoms with Crippen molar-refractivity contribution in [2.75, 3.05) is 0 Å². The summed E-state index contributed by atoms with van der Waals surface area (Å²) < 4.78 is 0. The lowest BCUT2D eigenvalue weighted by Crippen LogP contribution is -1.87. The zero-order chi connectivity index (χ0) is 17.7. The minimum atomic E-state index is 1.01. The van der Waals surface area contributed by atoms with E-state index in [0.29, 0.717) is 0 Å². The molecule has 1 nitrogen and oxygen atoms in total. The maximum atomic E-state index is 4.71. The molecule has 1 aromatic heterocycles. The van der Waals surface area contributed by atoms with Gasteiger partial charge in [-0.25, -0.2) is 4.98 Å². The number of pyridine rings is 1. The highest BCUT2D eigenvalue weighted by molar-refractivity contribution is 5.65. The van der Waals surface area contributed by atoms with Crippen molar-refractivity contribution < 1.29 is 0 Å². The van der Waals surface area contributed by atoms with Gasteiger partial charge in [0.15, 0.2) is 0 Å². The van der Waals surface area contributed by atoms with E-state index in [9.17, 15) is 0 Å². The number of benzene rings is 2. The van der Waals surface area contributed by atoms with Crippen LogP contribution < -0.4 is 0 Å². The Balaban J connectivity index is 0.000000277. The zero-order valence-electron chi connectivity index (χ0n) is 15.5. The Morgan fingerprint density at radius 1 is 0.520 bits per heavy atom. The Labute approximate surface area is 152 Å². The molecule has 2 aromatic carbocycles. The Bertz CT molecular complexity index is 646. The van der Waals surface area contributed by atoms with E-state index in [1.807, 2.05) is 48.5 Å². The molecule has 0 N–H and O–H groups in total. The first-order valence-electron chi connectivity index (χ1n) is 9.43. The average molecular weight is 332 g/mol. The first-order chi connectivity index (χ1) is 12.3. The van der Waals surface area contributed by atoms with E-state index in [4.69, 9.17) is 4.98 Å². The van der Waals surface area contributed by atoms with E-state index < -0.39 is 0 Å². The van der Waals surface area contributed by atoms with Crippen LogP contribution in [-0.4, -0.2) is 4.98 Å². The summed E-state index contributed by atoms with van der Waals surface area (Å²) in [6.45, 7) is 4.49.